The molecule has 0 spiro atoms. The summed E-state index contributed by atoms with van der Waals surface area (Å²) in [5.41, 5.74) is 1.81. The van der Waals surface area contributed by atoms with Gasteiger partial charge >= 0.3 is 5.97 Å². The van der Waals surface area contributed by atoms with Gasteiger partial charge in [-0.25, -0.2) is 4.79 Å². The van der Waals surface area contributed by atoms with Crippen LogP contribution in [0.15, 0.2) is 65.4 Å². The number of carbonyl (C=O) groups is 2. The van der Waals surface area contributed by atoms with Crippen molar-refractivity contribution in [1.82, 2.24) is 5.32 Å². The van der Waals surface area contributed by atoms with Gasteiger partial charge in [0.15, 0.2) is 5.78 Å². The lowest BCUT2D eigenvalue weighted by Gasteiger charge is -2.11. The lowest BCUT2D eigenvalue weighted by Crippen LogP contribution is -2.16. The van der Waals surface area contributed by atoms with Crippen LogP contribution in [0, 0.1) is 0 Å². The van der Waals surface area contributed by atoms with Crippen LogP contribution in [0.5, 0.6) is 0 Å². The topological polar surface area (TPSA) is 66.4 Å². The average molecular weight is 269 g/mol. The molecule has 1 aromatic carbocycles. The van der Waals surface area contributed by atoms with Crippen molar-refractivity contribution in [3.63, 3.8) is 0 Å². The van der Waals surface area contributed by atoms with Crippen molar-refractivity contribution >= 4 is 11.8 Å². The van der Waals surface area contributed by atoms with Crippen LogP contribution >= 0.6 is 0 Å². The van der Waals surface area contributed by atoms with E-state index in [-0.39, 0.29) is 5.57 Å². The van der Waals surface area contributed by atoms with E-state index in [1.807, 2.05) is 19.1 Å². The van der Waals surface area contributed by atoms with Crippen LogP contribution in [0.4, 0.5) is 0 Å². The molecule has 102 valence electrons. The fourth-order valence-electron chi connectivity index (χ4n) is 1.93. The molecular weight excluding hydrogens is 254 g/mol. The number of benzene rings is 1. The lowest BCUT2D eigenvalue weighted by atomic mass is 10.00. The van der Waals surface area contributed by atoms with Crippen molar-refractivity contribution in [2.24, 2.45) is 0 Å². The smallest absolute Gasteiger partial charge is 0.339 e. The summed E-state index contributed by atoms with van der Waals surface area (Å²) in [6, 6.07) is 8.41. The molecule has 0 aliphatic carbocycles. The van der Waals surface area contributed by atoms with Crippen LogP contribution in [0.3, 0.4) is 0 Å². The van der Waals surface area contributed by atoms with Crippen molar-refractivity contribution in [1.29, 1.82) is 0 Å². The van der Waals surface area contributed by atoms with Crippen molar-refractivity contribution in [2.45, 2.75) is 6.92 Å². The van der Waals surface area contributed by atoms with Crippen LogP contribution in [-0.2, 0) is 4.79 Å². The van der Waals surface area contributed by atoms with Crippen molar-refractivity contribution in [3.05, 3.63) is 71.0 Å². The Balaban J connectivity index is 2.35. The van der Waals surface area contributed by atoms with Gasteiger partial charge in [0.1, 0.15) is 5.57 Å². The zero-order chi connectivity index (χ0) is 14.5. The first-order valence-corrected chi connectivity index (χ1v) is 6.25. The van der Waals surface area contributed by atoms with Gasteiger partial charge in [0.25, 0.3) is 0 Å². The van der Waals surface area contributed by atoms with Crippen LogP contribution < -0.4 is 5.32 Å². The van der Waals surface area contributed by atoms with Crippen molar-refractivity contribution in [2.75, 3.05) is 6.54 Å². The van der Waals surface area contributed by atoms with E-state index in [0.717, 1.165) is 11.3 Å². The Labute approximate surface area is 117 Å². The molecule has 1 aromatic rings. The Morgan fingerprint density at radius 3 is 2.55 bits per heavy atom. The molecule has 4 nitrogen and oxygen atoms in total. The maximum atomic E-state index is 12.2. The van der Waals surface area contributed by atoms with Crippen LogP contribution in [0.2, 0.25) is 0 Å². The minimum Gasteiger partial charge on any atom is -0.478 e. The Morgan fingerprint density at radius 2 is 1.95 bits per heavy atom. The molecule has 0 aromatic heterocycles. The van der Waals surface area contributed by atoms with Gasteiger partial charge in [0, 0.05) is 17.8 Å². The third-order valence-electron chi connectivity index (χ3n) is 2.92. The van der Waals surface area contributed by atoms with Crippen LogP contribution in [0.1, 0.15) is 17.3 Å². The third-order valence-corrected chi connectivity index (χ3v) is 2.92. The molecule has 0 fully saturated rings. The van der Waals surface area contributed by atoms with Crippen LogP contribution in [0.25, 0.3) is 0 Å². The molecule has 1 aliphatic rings. The number of ketones is 1. The molecule has 0 bridgehead atoms. The molecular formula is C16H15NO3. The molecule has 1 heterocycles. The van der Waals surface area contributed by atoms with E-state index in [1.54, 1.807) is 30.3 Å². The fourth-order valence-corrected chi connectivity index (χ4v) is 1.93. The minimum absolute atomic E-state index is 0.228. The highest BCUT2D eigenvalue weighted by Gasteiger charge is 2.19. The molecule has 1 aliphatic heterocycles. The number of allylic oxidation sites excluding steroid dienone is 4. The maximum Gasteiger partial charge on any atom is 0.339 e. The van der Waals surface area contributed by atoms with Gasteiger partial charge in [-0.2, -0.15) is 0 Å². The van der Waals surface area contributed by atoms with Gasteiger partial charge in [-0.05, 0) is 24.6 Å². The van der Waals surface area contributed by atoms with Gasteiger partial charge in [-0.3, -0.25) is 4.79 Å². The highest BCUT2D eigenvalue weighted by Crippen LogP contribution is 2.14. The summed E-state index contributed by atoms with van der Waals surface area (Å²) < 4.78 is 0. The van der Waals surface area contributed by atoms with E-state index in [0.29, 0.717) is 12.1 Å². The second-order valence-corrected chi connectivity index (χ2v) is 4.47. The number of hydrogen-bond acceptors (Lipinski definition) is 3. The molecule has 0 radical (unpaired) electrons. The average Bonchev–Trinajstić information content (AvgIpc) is 2.45. The van der Waals surface area contributed by atoms with E-state index in [9.17, 15) is 14.7 Å². The van der Waals surface area contributed by atoms with E-state index < -0.39 is 11.8 Å². The molecule has 2 N–H and O–H groups in total. The standard InChI is InChI=1S/C16H15NO3/c1-11-9-12(7-8-17-11)10-14(16(19)20)15(18)13-5-3-2-4-6-13/h2-7,9-10,17H,8H2,1H3,(H,19,20)/b14-10-. The summed E-state index contributed by atoms with van der Waals surface area (Å²) in [5, 5.41) is 12.3. The molecule has 0 amide bonds. The highest BCUT2D eigenvalue weighted by atomic mass is 16.4. The predicted octanol–water partition coefficient (Wildman–Crippen LogP) is 2.31. The van der Waals surface area contributed by atoms with E-state index in [1.165, 1.54) is 6.08 Å². The molecule has 0 atom stereocenters. The number of carboxylic acid groups (broad SMARTS) is 1. The monoisotopic (exact) mass is 269 g/mol. The number of nitrogens with one attached hydrogen (secondary N) is 1. The predicted molar refractivity (Wildman–Crippen MR) is 76.3 cm³/mol. The van der Waals surface area contributed by atoms with E-state index >= 15 is 0 Å². The van der Waals surface area contributed by atoms with E-state index in [2.05, 4.69) is 5.32 Å². The zero-order valence-electron chi connectivity index (χ0n) is 11.1. The lowest BCUT2D eigenvalue weighted by molar-refractivity contribution is -0.132. The molecule has 0 unspecified atom stereocenters. The number of carboxylic acids is 1. The molecule has 0 saturated heterocycles. The Morgan fingerprint density at radius 1 is 1.25 bits per heavy atom. The normalized spacial score (nSPS) is 14.9. The molecule has 20 heavy (non-hydrogen) atoms. The number of dihydropyridines is 1. The van der Waals surface area contributed by atoms with Gasteiger partial charge < -0.3 is 10.4 Å². The van der Waals surface area contributed by atoms with Crippen molar-refractivity contribution < 1.29 is 14.7 Å². The SMILES string of the molecule is CC1=CC(/C=C(\C(=O)O)C(=O)c2ccccc2)=CCN1. The van der Waals surface area contributed by atoms with Gasteiger partial charge in [-0.15, -0.1) is 0 Å². The molecule has 4 heteroatoms. The van der Waals surface area contributed by atoms with Crippen molar-refractivity contribution in [3.8, 4) is 0 Å². The first-order valence-electron chi connectivity index (χ1n) is 6.25. The first-order chi connectivity index (χ1) is 9.58. The van der Waals surface area contributed by atoms with Gasteiger partial charge in [0.05, 0.1) is 0 Å². The zero-order valence-corrected chi connectivity index (χ0v) is 11.1. The first kappa shape index (κ1) is 13.8. The Kier molecular flexibility index (Phi) is 4.15. The number of carbonyl (C=O) groups excluding carboxylic acids is 1. The summed E-state index contributed by atoms with van der Waals surface area (Å²) in [4.78, 5) is 23.5. The summed E-state index contributed by atoms with van der Waals surface area (Å²) in [5.74, 6) is -1.70. The number of aliphatic carboxylic acids is 1. The van der Waals surface area contributed by atoms with E-state index in [4.69, 9.17) is 0 Å². The Hall–Kier alpha value is -2.62. The summed E-state index contributed by atoms with van der Waals surface area (Å²) in [6.07, 6.45) is 5.07. The Bertz CT molecular complexity index is 624. The van der Waals surface area contributed by atoms with Gasteiger partial charge in [0.2, 0.25) is 0 Å². The van der Waals surface area contributed by atoms with Crippen LogP contribution in [-0.4, -0.2) is 23.4 Å². The second-order valence-electron chi connectivity index (χ2n) is 4.47. The number of hydrogen-bond donors (Lipinski definition) is 2. The maximum absolute atomic E-state index is 12.2. The molecule has 2 rings (SSSR count). The minimum atomic E-state index is -1.22. The summed E-state index contributed by atoms with van der Waals surface area (Å²) >= 11 is 0. The fraction of sp³-hybridized carbons (Fsp3) is 0.125. The van der Waals surface area contributed by atoms with Gasteiger partial charge in [-0.1, -0.05) is 36.4 Å². The largest absolute Gasteiger partial charge is 0.478 e. The highest BCUT2D eigenvalue weighted by molar-refractivity contribution is 6.24. The quantitative estimate of drug-likeness (QED) is 0.381. The second kappa shape index (κ2) is 6.02. The number of Topliss-reactive ketones (excluding diaryl/α,β-unsaturated/α-hetero) is 1. The molecule has 0 saturated carbocycles. The summed E-state index contributed by atoms with van der Waals surface area (Å²) in [7, 11) is 0. The third kappa shape index (κ3) is 3.23. The summed E-state index contributed by atoms with van der Waals surface area (Å²) in [6.45, 7) is 2.51. The number of rotatable bonds is 4.